The monoisotopic (exact) mass is 529 g/mol. The van der Waals surface area contributed by atoms with Crippen molar-refractivity contribution in [1.82, 2.24) is 24.4 Å². The average Bonchev–Trinajstić information content (AvgIpc) is 3.53. The predicted molar refractivity (Wildman–Crippen MR) is 145 cm³/mol. The maximum absolute atomic E-state index is 12.6. The molecule has 0 spiro atoms. The molecule has 0 radical (unpaired) electrons. The van der Waals surface area contributed by atoms with E-state index in [1.54, 1.807) is 6.33 Å². The van der Waals surface area contributed by atoms with Crippen molar-refractivity contribution >= 4 is 22.9 Å². The summed E-state index contributed by atoms with van der Waals surface area (Å²) >= 11 is 0. The zero-order chi connectivity index (χ0) is 27.1. The van der Waals surface area contributed by atoms with E-state index in [1.807, 2.05) is 37.6 Å². The third-order valence-electron chi connectivity index (χ3n) is 6.98. The summed E-state index contributed by atoms with van der Waals surface area (Å²) in [5.74, 6) is -0.381. The average molecular weight is 530 g/mol. The topological polar surface area (TPSA) is 130 Å². The summed E-state index contributed by atoms with van der Waals surface area (Å²) in [7, 11) is 2.04. The van der Waals surface area contributed by atoms with Crippen LogP contribution in [0, 0.1) is 0 Å². The molecular weight excluding hydrogens is 486 g/mol. The van der Waals surface area contributed by atoms with E-state index in [4.69, 9.17) is 19.9 Å². The van der Waals surface area contributed by atoms with Gasteiger partial charge in [-0.2, -0.15) is 0 Å². The fourth-order valence-electron chi connectivity index (χ4n) is 5.15. The van der Waals surface area contributed by atoms with Crippen molar-refractivity contribution < 1.29 is 19.0 Å². The van der Waals surface area contributed by atoms with E-state index >= 15 is 0 Å². The SMILES string of the molecule is CCCCCCCCC(=O)Nc1ncnc2c1ncn2[C@@H]1O[C@H](CN(C)C/C=C\CN)[C@H]2OC(C)(C)O[C@H]21. The standard InChI is InChI=1S/C27H43N7O4/c1-5-6-7-8-9-10-13-20(35)32-24-21-25(30-17-29-24)34(18-31-21)26-23-22(37-27(2,3)38-23)19(36-26)16-33(4)15-12-11-14-28/h11-12,17-19,22-23,26H,5-10,13-16,28H2,1-4H3,(H,29,30,32,35)/b12-11-/t19-,22-,23-,26-/m1/s1. The van der Waals surface area contributed by atoms with Gasteiger partial charge in [0.15, 0.2) is 29.0 Å². The minimum absolute atomic E-state index is 0.0618. The van der Waals surface area contributed by atoms with Crippen molar-refractivity contribution in [3.63, 3.8) is 0 Å². The lowest BCUT2D eigenvalue weighted by Gasteiger charge is -2.26. The number of imidazole rings is 1. The highest BCUT2D eigenvalue weighted by molar-refractivity contribution is 5.96. The number of rotatable bonds is 14. The number of nitrogens with one attached hydrogen (secondary N) is 1. The number of nitrogens with zero attached hydrogens (tertiary/aromatic N) is 5. The van der Waals surface area contributed by atoms with Crippen LogP contribution in [-0.2, 0) is 19.0 Å². The van der Waals surface area contributed by atoms with Crippen molar-refractivity contribution in [3.05, 3.63) is 24.8 Å². The minimum atomic E-state index is -0.727. The van der Waals surface area contributed by atoms with Gasteiger partial charge in [-0.3, -0.25) is 9.36 Å². The maximum atomic E-state index is 12.6. The number of carbonyl (C=O) groups is 1. The lowest BCUT2D eigenvalue weighted by molar-refractivity contribution is -0.197. The molecule has 11 nitrogen and oxygen atoms in total. The van der Waals surface area contributed by atoms with Gasteiger partial charge in [-0.15, -0.1) is 0 Å². The van der Waals surface area contributed by atoms with E-state index in [1.165, 1.54) is 25.6 Å². The molecule has 0 saturated carbocycles. The van der Waals surface area contributed by atoms with Gasteiger partial charge in [-0.25, -0.2) is 15.0 Å². The molecule has 0 bridgehead atoms. The molecule has 4 atom stereocenters. The summed E-state index contributed by atoms with van der Waals surface area (Å²) in [6.07, 6.45) is 13.1. The second-order valence-corrected chi connectivity index (χ2v) is 10.7. The second-order valence-electron chi connectivity index (χ2n) is 10.7. The molecule has 2 fully saturated rings. The number of carbonyl (C=O) groups excluding carboxylic acids is 1. The number of ether oxygens (including phenoxy) is 3. The first-order valence-corrected chi connectivity index (χ1v) is 13.8. The van der Waals surface area contributed by atoms with Crippen molar-refractivity contribution in [2.75, 3.05) is 32.0 Å². The molecule has 210 valence electrons. The fraction of sp³-hybridized carbons (Fsp3) is 0.704. The highest BCUT2D eigenvalue weighted by atomic mass is 16.8. The van der Waals surface area contributed by atoms with Gasteiger partial charge in [-0.05, 0) is 27.3 Å². The molecule has 3 N–H and O–H groups in total. The molecule has 0 aromatic carbocycles. The van der Waals surface area contributed by atoms with Gasteiger partial charge in [0.05, 0.1) is 6.33 Å². The molecule has 0 aliphatic carbocycles. The Bertz CT molecular complexity index is 1090. The number of fused-ring (bicyclic) bond motifs is 2. The quantitative estimate of drug-likeness (QED) is 0.279. The van der Waals surface area contributed by atoms with Crippen LogP contribution in [0.3, 0.4) is 0 Å². The van der Waals surface area contributed by atoms with Crippen LogP contribution in [0.2, 0.25) is 0 Å². The van der Waals surface area contributed by atoms with Crippen molar-refractivity contribution in [1.29, 1.82) is 0 Å². The first-order chi connectivity index (χ1) is 18.3. The summed E-state index contributed by atoms with van der Waals surface area (Å²) in [6, 6.07) is 0. The van der Waals surface area contributed by atoms with Crippen LogP contribution in [0.4, 0.5) is 5.82 Å². The smallest absolute Gasteiger partial charge is 0.225 e. The van der Waals surface area contributed by atoms with Gasteiger partial charge >= 0.3 is 0 Å². The Labute approximate surface area is 225 Å². The first-order valence-electron chi connectivity index (χ1n) is 13.8. The van der Waals surface area contributed by atoms with E-state index in [0.717, 1.165) is 25.8 Å². The summed E-state index contributed by atoms with van der Waals surface area (Å²) in [6.45, 7) is 7.96. The van der Waals surface area contributed by atoms with Crippen molar-refractivity contribution in [2.45, 2.75) is 96.0 Å². The van der Waals surface area contributed by atoms with Gasteiger partial charge in [0.1, 0.15) is 24.6 Å². The maximum Gasteiger partial charge on any atom is 0.225 e. The summed E-state index contributed by atoms with van der Waals surface area (Å²) in [4.78, 5) is 28.1. The number of amides is 1. The number of anilines is 1. The first kappa shape index (κ1) is 28.6. The van der Waals surface area contributed by atoms with Crippen molar-refractivity contribution in [3.8, 4) is 0 Å². The number of hydrogen-bond acceptors (Lipinski definition) is 9. The zero-order valence-electron chi connectivity index (χ0n) is 23.1. The minimum Gasteiger partial charge on any atom is -0.348 e. The molecule has 2 aliphatic heterocycles. The number of nitrogens with two attached hydrogens (primary N) is 1. The molecule has 2 saturated heterocycles. The number of aromatic nitrogens is 4. The largest absolute Gasteiger partial charge is 0.348 e. The highest BCUT2D eigenvalue weighted by Gasteiger charge is 2.56. The Morgan fingerprint density at radius 3 is 2.68 bits per heavy atom. The zero-order valence-corrected chi connectivity index (χ0v) is 23.1. The normalized spacial score (nSPS) is 24.6. The lowest BCUT2D eigenvalue weighted by atomic mass is 10.1. The van der Waals surface area contributed by atoms with E-state index in [9.17, 15) is 4.79 Å². The van der Waals surface area contributed by atoms with E-state index < -0.39 is 12.0 Å². The second kappa shape index (κ2) is 13.1. The van der Waals surface area contributed by atoms with Crippen molar-refractivity contribution in [2.24, 2.45) is 5.73 Å². The molecule has 2 aromatic heterocycles. The molecule has 1 amide bonds. The third kappa shape index (κ3) is 6.95. The fourth-order valence-corrected chi connectivity index (χ4v) is 5.15. The Morgan fingerprint density at radius 2 is 1.89 bits per heavy atom. The van der Waals surface area contributed by atoms with Gasteiger partial charge in [0.2, 0.25) is 5.91 Å². The Kier molecular flexibility index (Phi) is 9.83. The molecule has 4 rings (SSSR count). The molecule has 2 aliphatic rings. The van der Waals surface area contributed by atoms with Gasteiger partial charge in [0, 0.05) is 26.1 Å². The van der Waals surface area contributed by atoms with E-state index in [-0.39, 0.29) is 24.2 Å². The third-order valence-corrected chi connectivity index (χ3v) is 6.98. The molecule has 11 heteroatoms. The summed E-state index contributed by atoms with van der Waals surface area (Å²) < 4.78 is 20.9. The Balaban J connectivity index is 1.45. The lowest BCUT2D eigenvalue weighted by Crippen LogP contribution is -2.38. The molecular formula is C27H43N7O4. The molecule has 4 heterocycles. The molecule has 2 aromatic rings. The van der Waals surface area contributed by atoms with Crippen LogP contribution in [0.1, 0.15) is 71.9 Å². The van der Waals surface area contributed by atoms with Gasteiger partial charge in [0.25, 0.3) is 0 Å². The number of likely N-dealkylation sites (N-methyl/N-ethyl adjacent to an activating group) is 1. The van der Waals surface area contributed by atoms with Crippen LogP contribution in [-0.4, -0.2) is 81.1 Å². The van der Waals surface area contributed by atoms with Crippen LogP contribution >= 0.6 is 0 Å². The van der Waals surface area contributed by atoms with Gasteiger partial charge < -0.3 is 30.2 Å². The van der Waals surface area contributed by atoms with Crippen LogP contribution in [0.5, 0.6) is 0 Å². The van der Waals surface area contributed by atoms with Gasteiger partial charge in [-0.1, -0.05) is 51.2 Å². The van der Waals surface area contributed by atoms with Crippen LogP contribution < -0.4 is 11.1 Å². The van der Waals surface area contributed by atoms with E-state index in [2.05, 4.69) is 32.1 Å². The number of unbranched alkanes of at least 4 members (excludes halogenated alkanes) is 5. The highest BCUT2D eigenvalue weighted by Crippen LogP contribution is 2.44. The number of hydrogen-bond donors (Lipinski definition) is 2. The van der Waals surface area contributed by atoms with E-state index in [0.29, 0.717) is 36.5 Å². The van der Waals surface area contributed by atoms with Crippen LogP contribution in [0.15, 0.2) is 24.8 Å². The summed E-state index contributed by atoms with van der Waals surface area (Å²) in [5, 5.41) is 2.92. The van der Waals surface area contributed by atoms with Crippen LogP contribution in [0.25, 0.3) is 11.2 Å². The summed E-state index contributed by atoms with van der Waals surface area (Å²) in [5.41, 5.74) is 6.66. The Morgan fingerprint density at radius 1 is 1.13 bits per heavy atom. The Hall–Kier alpha value is -2.44. The molecule has 0 unspecified atom stereocenters. The predicted octanol–water partition coefficient (Wildman–Crippen LogP) is 3.38. The molecule has 38 heavy (non-hydrogen) atoms.